The fraction of sp³-hybridized carbons (Fsp3) is 0.818. The van der Waals surface area contributed by atoms with E-state index in [1.54, 1.807) is 0 Å². The van der Waals surface area contributed by atoms with Crippen molar-refractivity contribution in [3.63, 3.8) is 0 Å². The van der Waals surface area contributed by atoms with E-state index in [1.807, 2.05) is 6.92 Å². The molecule has 3 N–H and O–H groups in total. The van der Waals surface area contributed by atoms with E-state index in [9.17, 15) is 9.59 Å². The van der Waals surface area contributed by atoms with Crippen molar-refractivity contribution in [2.75, 3.05) is 6.54 Å². The molecule has 92 valence electrons. The SMILES string of the molecule is CCCC[C@H](NC(=O)C1CCCN1)C(=O)O. The predicted molar refractivity (Wildman–Crippen MR) is 60.1 cm³/mol. The summed E-state index contributed by atoms with van der Waals surface area (Å²) in [6, 6.07) is -0.946. The smallest absolute Gasteiger partial charge is 0.326 e. The molecule has 0 aromatic rings. The van der Waals surface area contributed by atoms with Gasteiger partial charge >= 0.3 is 5.97 Å². The Morgan fingerprint density at radius 2 is 2.31 bits per heavy atom. The number of rotatable bonds is 6. The summed E-state index contributed by atoms with van der Waals surface area (Å²) in [4.78, 5) is 22.6. The molecular weight excluding hydrogens is 208 g/mol. The highest BCUT2D eigenvalue weighted by Crippen LogP contribution is 2.07. The van der Waals surface area contributed by atoms with Gasteiger partial charge in [0.2, 0.25) is 5.91 Å². The molecule has 1 aliphatic rings. The summed E-state index contributed by atoms with van der Waals surface area (Å²) < 4.78 is 0. The summed E-state index contributed by atoms with van der Waals surface area (Å²) in [6.45, 7) is 2.84. The van der Waals surface area contributed by atoms with Crippen molar-refractivity contribution < 1.29 is 14.7 Å². The summed E-state index contributed by atoms with van der Waals surface area (Å²) in [7, 11) is 0. The third-order valence-electron chi connectivity index (χ3n) is 2.84. The van der Waals surface area contributed by atoms with Crippen LogP contribution in [0.4, 0.5) is 0 Å². The number of amides is 1. The molecule has 2 atom stereocenters. The highest BCUT2D eigenvalue weighted by Gasteiger charge is 2.26. The van der Waals surface area contributed by atoms with E-state index in [-0.39, 0.29) is 11.9 Å². The number of carbonyl (C=O) groups excluding carboxylic acids is 1. The molecular formula is C11H20N2O3. The maximum Gasteiger partial charge on any atom is 0.326 e. The Morgan fingerprint density at radius 3 is 2.81 bits per heavy atom. The molecule has 0 aliphatic carbocycles. The third-order valence-corrected chi connectivity index (χ3v) is 2.84. The first-order valence-electron chi connectivity index (χ1n) is 5.91. The van der Waals surface area contributed by atoms with Gasteiger partial charge in [-0.1, -0.05) is 19.8 Å². The van der Waals surface area contributed by atoms with Crippen LogP contribution in [0.2, 0.25) is 0 Å². The van der Waals surface area contributed by atoms with Crippen molar-refractivity contribution in [3.8, 4) is 0 Å². The van der Waals surface area contributed by atoms with Crippen LogP contribution >= 0.6 is 0 Å². The van der Waals surface area contributed by atoms with Crippen LogP contribution in [0.25, 0.3) is 0 Å². The zero-order valence-corrected chi connectivity index (χ0v) is 9.66. The van der Waals surface area contributed by atoms with Crippen LogP contribution in [0.5, 0.6) is 0 Å². The fourth-order valence-corrected chi connectivity index (χ4v) is 1.85. The minimum absolute atomic E-state index is 0.180. The van der Waals surface area contributed by atoms with E-state index in [2.05, 4.69) is 10.6 Å². The summed E-state index contributed by atoms with van der Waals surface area (Å²) in [5.41, 5.74) is 0. The molecule has 0 radical (unpaired) electrons. The van der Waals surface area contributed by atoms with Gasteiger partial charge < -0.3 is 15.7 Å². The molecule has 5 heteroatoms. The van der Waals surface area contributed by atoms with Crippen molar-refractivity contribution >= 4 is 11.9 Å². The molecule has 16 heavy (non-hydrogen) atoms. The van der Waals surface area contributed by atoms with Gasteiger partial charge in [0.1, 0.15) is 6.04 Å². The molecule has 1 fully saturated rings. The van der Waals surface area contributed by atoms with E-state index in [0.717, 1.165) is 32.2 Å². The van der Waals surface area contributed by atoms with Gasteiger partial charge in [-0.3, -0.25) is 4.79 Å². The molecule has 5 nitrogen and oxygen atoms in total. The fourth-order valence-electron chi connectivity index (χ4n) is 1.85. The first kappa shape index (κ1) is 13.0. The second-order valence-corrected chi connectivity index (χ2v) is 4.19. The van der Waals surface area contributed by atoms with Gasteiger partial charge in [-0.05, 0) is 25.8 Å². The molecule has 1 saturated heterocycles. The molecule has 1 unspecified atom stereocenters. The largest absolute Gasteiger partial charge is 0.480 e. The Hall–Kier alpha value is -1.10. The monoisotopic (exact) mass is 228 g/mol. The number of carboxylic acid groups (broad SMARTS) is 1. The normalized spacial score (nSPS) is 21.7. The van der Waals surface area contributed by atoms with E-state index < -0.39 is 12.0 Å². The average Bonchev–Trinajstić information content (AvgIpc) is 2.76. The van der Waals surface area contributed by atoms with E-state index in [0.29, 0.717) is 6.42 Å². The molecule has 0 spiro atoms. The molecule has 0 bridgehead atoms. The van der Waals surface area contributed by atoms with Crippen molar-refractivity contribution in [1.82, 2.24) is 10.6 Å². The second kappa shape index (κ2) is 6.48. The minimum Gasteiger partial charge on any atom is -0.480 e. The van der Waals surface area contributed by atoms with Crippen molar-refractivity contribution in [1.29, 1.82) is 0 Å². The quantitative estimate of drug-likeness (QED) is 0.618. The van der Waals surface area contributed by atoms with Crippen LogP contribution in [-0.4, -0.2) is 35.6 Å². The Labute approximate surface area is 95.6 Å². The van der Waals surface area contributed by atoms with Crippen LogP contribution in [0, 0.1) is 0 Å². The first-order chi connectivity index (χ1) is 7.65. The lowest BCUT2D eigenvalue weighted by Gasteiger charge is -2.17. The Kier molecular flexibility index (Phi) is 5.25. The number of hydrogen-bond donors (Lipinski definition) is 3. The van der Waals surface area contributed by atoms with Crippen molar-refractivity contribution in [2.45, 2.75) is 51.1 Å². The van der Waals surface area contributed by atoms with E-state index in [4.69, 9.17) is 5.11 Å². The number of unbranched alkanes of at least 4 members (excludes halogenated alkanes) is 1. The Morgan fingerprint density at radius 1 is 1.56 bits per heavy atom. The lowest BCUT2D eigenvalue weighted by molar-refractivity contribution is -0.142. The van der Waals surface area contributed by atoms with Gasteiger partial charge in [0.25, 0.3) is 0 Å². The number of aliphatic carboxylic acids is 1. The molecule has 1 amide bonds. The van der Waals surface area contributed by atoms with Crippen LogP contribution in [0.15, 0.2) is 0 Å². The van der Waals surface area contributed by atoms with Gasteiger partial charge in [0.15, 0.2) is 0 Å². The Bertz CT molecular complexity index is 250. The lowest BCUT2D eigenvalue weighted by Crippen LogP contribution is -2.48. The third kappa shape index (κ3) is 3.81. The van der Waals surface area contributed by atoms with Crippen molar-refractivity contribution in [3.05, 3.63) is 0 Å². The minimum atomic E-state index is -0.945. The predicted octanol–water partition coefficient (Wildman–Crippen LogP) is 0.498. The Balaban J connectivity index is 2.40. The van der Waals surface area contributed by atoms with Crippen LogP contribution in [0.3, 0.4) is 0 Å². The lowest BCUT2D eigenvalue weighted by atomic mass is 10.1. The van der Waals surface area contributed by atoms with Gasteiger partial charge in [0.05, 0.1) is 6.04 Å². The van der Waals surface area contributed by atoms with E-state index >= 15 is 0 Å². The number of carbonyl (C=O) groups is 2. The highest BCUT2D eigenvalue weighted by molar-refractivity contribution is 5.87. The topological polar surface area (TPSA) is 78.4 Å². The van der Waals surface area contributed by atoms with E-state index in [1.165, 1.54) is 0 Å². The molecule has 0 saturated carbocycles. The van der Waals surface area contributed by atoms with Crippen LogP contribution < -0.4 is 10.6 Å². The second-order valence-electron chi connectivity index (χ2n) is 4.19. The summed E-state index contributed by atoms with van der Waals surface area (Å²) in [5.74, 6) is -1.12. The zero-order chi connectivity index (χ0) is 12.0. The number of hydrogen-bond acceptors (Lipinski definition) is 3. The molecule has 1 aliphatic heterocycles. The maximum absolute atomic E-state index is 11.7. The highest BCUT2D eigenvalue weighted by atomic mass is 16.4. The molecule has 0 aromatic heterocycles. The molecule has 1 rings (SSSR count). The van der Waals surface area contributed by atoms with Gasteiger partial charge in [-0.15, -0.1) is 0 Å². The first-order valence-corrected chi connectivity index (χ1v) is 5.91. The average molecular weight is 228 g/mol. The zero-order valence-electron chi connectivity index (χ0n) is 9.66. The summed E-state index contributed by atoms with van der Waals surface area (Å²) in [6.07, 6.45) is 4.03. The van der Waals surface area contributed by atoms with Crippen LogP contribution in [0.1, 0.15) is 39.0 Å². The van der Waals surface area contributed by atoms with Crippen molar-refractivity contribution in [2.24, 2.45) is 0 Å². The van der Waals surface area contributed by atoms with Crippen LogP contribution in [-0.2, 0) is 9.59 Å². The van der Waals surface area contributed by atoms with Gasteiger partial charge in [-0.25, -0.2) is 4.79 Å². The number of carboxylic acids is 1. The van der Waals surface area contributed by atoms with Gasteiger partial charge in [-0.2, -0.15) is 0 Å². The standard InChI is InChI=1S/C11H20N2O3/c1-2-3-5-9(11(15)16)13-10(14)8-6-4-7-12-8/h8-9,12H,2-7H2,1H3,(H,13,14)(H,15,16)/t8?,9-/m0/s1. The van der Waals surface area contributed by atoms with Gasteiger partial charge in [0, 0.05) is 0 Å². The number of nitrogens with one attached hydrogen (secondary N) is 2. The summed E-state index contributed by atoms with van der Waals surface area (Å²) >= 11 is 0. The molecule has 0 aromatic carbocycles. The summed E-state index contributed by atoms with van der Waals surface area (Å²) in [5, 5.41) is 14.6. The maximum atomic E-state index is 11.7. The molecule has 1 heterocycles.